The fraction of sp³-hybridized carbons (Fsp3) is 0.786. The van der Waals surface area contributed by atoms with Crippen molar-refractivity contribution in [1.82, 2.24) is 10.3 Å². The standard InChI is InChI=1S/C14H22N2O2S/c1-10(12-4-2-6-17-12)15-8-11-9-19-14(16-11)13-5-3-7-18-13/h9-10,12-13,15H,2-8H2,1H3/t10-,12+,13-/m0/s1. The number of thiazole rings is 1. The Kier molecular flexibility index (Phi) is 4.48. The largest absolute Gasteiger partial charge is 0.377 e. The van der Waals surface area contributed by atoms with Gasteiger partial charge in [-0.05, 0) is 32.6 Å². The molecule has 3 atom stereocenters. The predicted octanol–water partition coefficient (Wildman–Crippen LogP) is 2.65. The van der Waals surface area contributed by atoms with E-state index >= 15 is 0 Å². The van der Waals surface area contributed by atoms with Crippen LogP contribution in [0.2, 0.25) is 0 Å². The Morgan fingerprint density at radius 1 is 1.37 bits per heavy atom. The van der Waals surface area contributed by atoms with Gasteiger partial charge in [-0.15, -0.1) is 11.3 Å². The molecule has 4 nitrogen and oxygen atoms in total. The summed E-state index contributed by atoms with van der Waals surface area (Å²) in [6.45, 7) is 4.82. The van der Waals surface area contributed by atoms with Crippen LogP contribution >= 0.6 is 11.3 Å². The first-order valence-electron chi connectivity index (χ1n) is 7.24. The Labute approximate surface area is 118 Å². The molecule has 2 fully saturated rings. The van der Waals surface area contributed by atoms with E-state index in [0.717, 1.165) is 43.3 Å². The maximum Gasteiger partial charge on any atom is 0.122 e. The zero-order valence-electron chi connectivity index (χ0n) is 11.4. The lowest BCUT2D eigenvalue weighted by molar-refractivity contribution is 0.0830. The Hall–Kier alpha value is -0.490. The lowest BCUT2D eigenvalue weighted by Crippen LogP contribution is -2.36. The van der Waals surface area contributed by atoms with Gasteiger partial charge in [-0.2, -0.15) is 0 Å². The van der Waals surface area contributed by atoms with Gasteiger partial charge in [0.25, 0.3) is 0 Å². The maximum atomic E-state index is 5.69. The summed E-state index contributed by atoms with van der Waals surface area (Å²) in [6, 6.07) is 0.399. The van der Waals surface area contributed by atoms with Gasteiger partial charge in [0.05, 0.1) is 11.8 Å². The highest BCUT2D eigenvalue weighted by Gasteiger charge is 2.23. The van der Waals surface area contributed by atoms with Crippen LogP contribution in [0.15, 0.2) is 5.38 Å². The number of hydrogen-bond donors (Lipinski definition) is 1. The van der Waals surface area contributed by atoms with E-state index in [2.05, 4.69) is 22.6 Å². The summed E-state index contributed by atoms with van der Waals surface area (Å²) < 4.78 is 11.4. The fourth-order valence-electron chi connectivity index (χ4n) is 2.72. The predicted molar refractivity (Wildman–Crippen MR) is 75.3 cm³/mol. The summed E-state index contributed by atoms with van der Waals surface area (Å²) in [4.78, 5) is 4.68. The van der Waals surface area contributed by atoms with Crippen molar-refractivity contribution in [2.24, 2.45) is 0 Å². The zero-order chi connectivity index (χ0) is 13.1. The van der Waals surface area contributed by atoms with Crippen LogP contribution in [0.1, 0.15) is 49.4 Å². The second-order valence-electron chi connectivity index (χ2n) is 5.40. The Morgan fingerprint density at radius 2 is 2.21 bits per heavy atom. The number of ether oxygens (including phenoxy) is 2. The van der Waals surface area contributed by atoms with E-state index in [9.17, 15) is 0 Å². The average molecular weight is 282 g/mol. The molecule has 0 bridgehead atoms. The van der Waals surface area contributed by atoms with E-state index in [-0.39, 0.29) is 6.10 Å². The summed E-state index contributed by atoms with van der Waals surface area (Å²) in [7, 11) is 0. The molecule has 0 spiro atoms. The minimum atomic E-state index is 0.245. The van der Waals surface area contributed by atoms with Crippen LogP contribution in [0, 0.1) is 0 Å². The average Bonchev–Trinajstić information content (AvgIpc) is 3.14. The molecular formula is C14H22N2O2S. The second kappa shape index (κ2) is 6.31. The number of nitrogens with zero attached hydrogens (tertiary/aromatic N) is 1. The number of hydrogen-bond acceptors (Lipinski definition) is 5. The third-order valence-electron chi connectivity index (χ3n) is 3.90. The van der Waals surface area contributed by atoms with E-state index in [1.54, 1.807) is 11.3 Å². The zero-order valence-corrected chi connectivity index (χ0v) is 12.2. The van der Waals surface area contributed by atoms with Crippen molar-refractivity contribution in [2.45, 2.75) is 57.4 Å². The molecule has 1 aromatic heterocycles. The van der Waals surface area contributed by atoms with Gasteiger partial charge >= 0.3 is 0 Å². The van der Waals surface area contributed by atoms with Crippen molar-refractivity contribution < 1.29 is 9.47 Å². The van der Waals surface area contributed by atoms with Crippen molar-refractivity contribution in [2.75, 3.05) is 13.2 Å². The molecule has 0 radical (unpaired) electrons. The van der Waals surface area contributed by atoms with Crippen LogP contribution < -0.4 is 5.32 Å². The maximum absolute atomic E-state index is 5.69. The highest BCUT2D eigenvalue weighted by Crippen LogP contribution is 2.30. The van der Waals surface area contributed by atoms with E-state index in [1.165, 1.54) is 12.8 Å². The number of rotatable bonds is 5. The molecule has 2 aliphatic heterocycles. The van der Waals surface area contributed by atoms with Gasteiger partial charge < -0.3 is 14.8 Å². The highest BCUT2D eigenvalue weighted by atomic mass is 32.1. The van der Waals surface area contributed by atoms with Crippen molar-refractivity contribution in [3.8, 4) is 0 Å². The van der Waals surface area contributed by atoms with Crippen molar-refractivity contribution in [1.29, 1.82) is 0 Å². The van der Waals surface area contributed by atoms with Crippen LogP contribution in [0.4, 0.5) is 0 Å². The molecule has 2 saturated heterocycles. The monoisotopic (exact) mass is 282 g/mol. The quantitative estimate of drug-likeness (QED) is 0.901. The first-order chi connectivity index (χ1) is 9.33. The first kappa shape index (κ1) is 13.5. The summed E-state index contributed by atoms with van der Waals surface area (Å²) in [6.07, 6.45) is 5.26. The molecule has 1 N–H and O–H groups in total. The van der Waals surface area contributed by atoms with Gasteiger partial charge in [-0.3, -0.25) is 0 Å². The Balaban J connectivity index is 1.49. The molecule has 2 aliphatic rings. The van der Waals surface area contributed by atoms with Crippen molar-refractivity contribution >= 4 is 11.3 Å². The molecule has 0 amide bonds. The third-order valence-corrected chi connectivity index (χ3v) is 4.89. The molecule has 19 heavy (non-hydrogen) atoms. The smallest absolute Gasteiger partial charge is 0.122 e. The van der Waals surface area contributed by atoms with Crippen LogP contribution in [-0.2, 0) is 16.0 Å². The molecular weight excluding hydrogens is 260 g/mol. The minimum absolute atomic E-state index is 0.245. The molecule has 0 unspecified atom stereocenters. The third kappa shape index (κ3) is 3.34. The van der Waals surface area contributed by atoms with Gasteiger partial charge in [-0.1, -0.05) is 0 Å². The molecule has 0 saturated carbocycles. The summed E-state index contributed by atoms with van der Waals surface area (Å²) >= 11 is 1.72. The first-order valence-corrected chi connectivity index (χ1v) is 8.12. The SMILES string of the molecule is C[C@H](NCc1csc([C@@H]2CCCO2)n1)[C@H]1CCCO1. The molecule has 0 aromatic carbocycles. The molecule has 5 heteroatoms. The van der Waals surface area contributed by atoms with Gasteiger partial charge in [-0.25, -0.2) is 4.98 Å². The lowest BCUT2D eigenvalue weighted by atomic mass is 10.1. The lowest BCUT2D eigenvalue weighted by Gasteiger charge is -2.19. The van der Waals surface area contributed by atoms with Gasteiger partial charge in [0, 0.05) is 31.2 Å². The summed E-state index contributed by atoms with van der Waals surface area (Å²) in [5.41, 5.74) is 1.13. The molecule has 1 aromatic rings. The van der Waals surface area contributed by atoms with Gasteiger partial charge in [0.2, 0.25) is 0 Å². The van der Waals surface area contributed by atoms with E-state index in [1.807, 2.05) is 0 Å². The Morgan fingerprint density at radius 3 is 2.95 bits per heavy atom. The van der Waals surface area contributed by atoms with Crippen LogP contribution in [0.25, 0.3) is 0 Å². The number of nitrogens with one attached hydrogen (secondary N) is 1. The normalized spacial score (nSPS) is 28.9. The second-order valence-corrected chi connectivity index (χ2v) is 6.29. The van der Waals surface area contributed by atoms with Gasteiger partial charge in [0.1, 0.15) is 11.1 Å². The summed E-state index contributed by atoms with van der Waals surface area (Å²) in [5, 5.41) is 6.81. The summed E-state index contributed by atoms with van der Waals surface area (Å²) in [5.74, 6) is 0. The van der Waals surface area contributed by atoms with Crippen LogP contribution in [-0.4, -0.2) is 30.3 Å². The Bertz CT molecular complexity index is 398. The van der Waals surface area contributed by atoms with Gasteiger partial charge in [0.15, 0.2) is 0 Å². The number of aromatic nitrogens is 1. The van der Waals surface area contributed by atoms with E-state index in [4.69, 9.17) is 9.47 Å². The highest BCUT2D eigenvalue weighted by molar-refractivity contribution is 7.09. The molecule has 3 rings (SSSR count). The van der Waals surface area contributed by atoms with Crippen LogP contribution in [0.5, 0.6) is 0 Å². The van der Waals surface area contributed by atoms with Crippen molar-refractivity contribution in [3.05, 3.63) is 16.1 Å². The molecule has 0 aliphatic carbocycles. The molecule has 3 heterocycles. The fourth-order valence-corrected chi connectivity index (χ4v) is 3.62. The van der Waals surface area contributed by atoms with Crippen molar-refractivity contribution in [3.63, 3.8) is 0 Å². The van der Waals surface area contributed by atoms with E-state index < -0.39 is 0 Å². The van der Waals surface area contributed by atoms with E-state index in [0.29, 0.717) is 12.1 Å². The van der Waals surface area contributed by atoms with Crippen LogP contribution in [0.3, 0.4) is 0 Å². The molecule has 106 valence electrons. The minimum Gasteiger partial charge on any atom is -0.377 e. The topological polar surface area (TPSA) is 43.4 Å².